The Labute approximate surface area is 120 Å². The molecule has 0 radical (unpaired) electrons. The zero-order valence-corrected chi connectivity index (χ0v) is 12.5. The van der Waals surface area contributed by atoms with Crippen LogP contribution in [0.2, 0.25) is 0 Å². The molecule has 1 heterocycles. The molecule has 2 N–H and O–H groups in total. The lowest BCUT2D eigenvalue weighted by atomic mass is 10.0. The molecule has 1 unspecified atom stereocenters. The number of anilines is 1. The van der Waals surface area contributed by atoms with Crippen LogP contribution in [0.5, 0.6) is 5.75 Å². The van der Waals surface area contributed by atoms with E-state index in [1.165, 1.54) is 19.3 Å². The highest BCUT2D eigenvalue weighted by atomic mass is 32.1. The Balaban J connectivity index is 2.32. The lowest BCUT2D eigenvalue weighted by molar-refractivity contribution is 0.414. The van der Waals surface area contributed by atoms with E-state index >= 15 is 0 Å². The fourth-order valence-corrected chi connectivity index (χ4v) is 2.78. The first-order valence-corrected chi connectivity index (χ1v) is 7.25. The number of hydrogen-bond acceptors (Lipinski definition) is 3. The summed E-state index contributed by atoms with van der Waals surface area (Å²) in [7, 11) is 1.68. The normalized spacial score (nSPS) is 19.9. The van der Waals surface area contributed by atoms with Crippen molar-refractivity contribution in [3.8, 4) is 5.75 Å². The number of benzene rings is 1. The minimum atomic E-state index is 0.454. The number of rotatable bonds is 3. The summed E-state index contributed by atoms with van der Waals surface area (Å²) >= 11 is 5.17. The first kappa shape index (κ1) is 14.1. The number of thiocarbonyl (C=S) groups is 1. The van der Waals surface area contributed by atoms with Gasteiger partial charge in [-0.15, -0.1) is 0 Å². The summed E-state index contributed by atoms with van der Waals surface area (Å²) in [6.07, 6.45) is 3.73. The molecule has 3 nitrogen and oxygen atoms in total. The molecule has 104 valence electrons. The number of hydrogen-bond donors (Lipinski definition) is 1. The maximum absolute atomic E-state index is 5.84. The fourth-order valence-electron chi connectivity index (χ4n) is 2.61. The minimum absolute atomic E-state index is 0.454. The topological polar surface area (TPSA) is 38.5 Å². The number of nitrogens with two attached hydrogens (primary N) is 1. The van der Waals surface area contributed by atoms with Crippen molar-refractivity contribution in [2.45, 2.75) is 26.2 Å². The third-order valence-electron chi connectivity index (χ3n) is 3.83. The van der Waals surface area contributed by atoms with E-state index in [1.807, 2.05) is 18.2 Å². The smallest absolute Gasteiger partial charge is 0.120 e. The van der Waals surface area contributed by atoms with Gasteiger partial charge in [-0.3, -0.25) is 0 Å². The monoisotopic (exact) mass is 278 g/mol. The van der Waals surface area contributed by atoms with Gasteiger partial charge in [0.05, 0.1) is 12.8 Å². The summed E-state index contributed by atoms with van der Waals surface area (Å²) in [6.45, 7) is 4.45. The van der Waals surface area contributed by atoms with Crippen molar-refractivity contribution in [3.63, 3.8) is 0 Å². The highest BCUT2D eigenvalue weighted by Crippen LogP contribution is 2.29. The van der Waals surface area contributed by atoms with Gasteiger partial charge in [-0.05, 0) is 37.3 Å². The Morgan fingerprint density at radius 3 is 2.84 bits per heavy atom. The molecule has 0 amide bonds. The quantitative estimate of drug-likeness (QED) is 0.863. The SMILES string of the molecule is COc1ccc(C(N)=S)c(N2CCCC(C)CC2)c1. The Morgan fingerprint density at radius 1 is 1.37 bits per heavy atom. The highest BCUT2D eigenvalue weighted by Gasteiger charge is 2.18. The second-order valence-corrected chi connectivity index (χ2v) is 5.71. The first-order chi connectivity index (χ1) is 9.11. The number of ether oxygens (including phenoxy) is 1. The number of methoxy groups -OCH3 is 1. The van der Waals surface area contributed by atoms with Crippen LogP contribution >= 0.6 is 12.2 Å². The molecule has 0 aromatic heterocycles. The highest BCUT2D eigenvalue weighted by molar-refractivity contribution is 7.80. The van der Waals surface area contributed by atoms with E-state index in [0.29, 0.717) is 4.99 Å². The van der Waals surface area contributed by atoms with Crippen LogP contribution in [0.25, 0.3) is 0 Å². The molecule has 1 aliphatic rings. The van der Waals surface area contributed by atoms with Gasteiger partial charge < -0.3 is 15.4 Å². The molecule has 0 saturated carbocycles. The van der Waals surface area contributed by atoms with Gasteiger partial charge >= 0.3 is 0 Å². The second-order valence-electron chi connectivity index (χ2n) is 5.27. The van der Waals surface area contributed by atoms with E-state index in [9.17, 15) is 0 Å². The summed E-state index contributed by atoms with van der Waals surface area (Å²) in [4.78, 5) is 2.84. The van der Waals surface area contributed by atoms with Crippen LogP contribution in [0.1, 0.15) is 31.7 Å². The fraction of sp³-hybridized carbons (Fsp3) is 0.533. The van der Waals surface area contributed by atoms with Gasteiger partial charge in [-0.2, -0.15) is 0 Å². The second kappa shape index (κ2) is 6.24. The minimum Gasteiger partial charge on any atom is -0.497 e. The molecule has 1 aliphatic heterocycles. The van der Waals surface area contributed by atoms with Crippen molar-refractivity contribution in [3.05, 3.63) is 23.8 Å². The van der Waals surface area contributed by atoms with Gasteiger partial charge in [-0.1, -0.05) is 19.1 Å². The molecular weight excluding hydrogens is 256 g/mol. The molecule has 1 saturated heterocycles. The standard InChI is InChI=1S/C15H22N2OS/c1-11-4-3-8-17(9-7-11)14-10-12(18-2)5-6-13(14)15(16)19/h5-6,10-11H,3-4,7-9H2,1-2H3,(H2,16,19). The molecule has 1 fully saturated rings. The van der Waals surface area contributed by atoms with E-state index in [2.05, 4.69) is 11.8 Å². The van der Waals surface area contributed by atoms with Crippen LogP contribution in [0, 0.1) is 5.92 Å². The average molecular weight is 278 g/mol. The zero-order valence-electron chi connectivity index (χ0n) is 11.7. The van der Waals surface area contributed by atoms with Gasteiger partial charge in [0.2, 0.25) is 0 Å². The first-order valence-electron chi connectivity index (χ1n) is 6.84. The molecule has 0 bridgehead atoms. The summed E-state index contributed by atoms with van der Waals surface area (Å²) < 4.78 is 5.32. The summed E-state index contributed by atoms with van der Waals surface area (Å²) in [6, 6.07) is 5.92. The molecule has 1 aromatic rings. The molecule has 2 rings (SSSR count). The predicted octanol–water partition coefficient (Wildman–Crippen LogP) is 2.96. The zero-order chi connectivity index (χ0) is 13.8. The molecule has 0 aliphatic carbocycles. The number of nitrogens with zero attached hydrogens (tertiary/aromatic N) is 1. The van der Waals surface area contributed by atoms with E-state index in [-0.39, 0.29) is 0 Å². The maximum Gasteiger partial charge on any atom is 0.120 e. The molecule has 0 spiro atoms. The molecule has 1 aromatic carbocycles. The van der Waals surface area contributed by atoms with Crippen molar-refractivity contribution < 1.29 is 4.74 Å². The summed E-state index contributed by atoms with van der Waals surface area (Å²) in [5.74, 6) is 1.65. The van der Waals surface area contributed by atoms with Crippen LogP contribution in [-0.2, 0) is 0 Å². The largest absolute Gasteiger partial charge is 0.497 e. The Hall–Kier alpha value is -1.29. The van der Waals surface area contributed by atoms with Gasteiger partial charge in [0.25, 0.3) is 0 Å². The molecule has 1 atom stereocenters. The lowest BCUT2D eigenvalue weighted by Gasteiger charge is -2.25. The van der Waals surface area contributed by atoms with Crippen molar-refractivity contribution >= 4 is 22.9 Å². The van der Waals surface area contributed by atoms with E-state index in [4.69, 9.17) is 22.7 Å². The van der Waals surface area contributed by atoms with Crippen molar-refractivity contribution in [1.29, 1.82) is 0 Å². The lowest BCUT2D eigenvalue weighted by Crippen LogP contribution is -2.27. The van der Waals surface area contributed by atoms with Crippen LogP contribution in [0.15, 0.2) is 18.2 Å². The maximum atomic E-state index is 5.84. The van der Waals surface area contributed by atoms with Crippen molar-refractivity contribution in [2.75, 3.05) is 25.1 Å². The Bertz CT molecular complexity index is 461. The van der Waals surface area contributed by atoms with Gasteiger partial charge in [0, 0.05) is 24.7 Å². The van der Waals surface area contributed by atoms with Crippen LogP contribution < -0.4 is 15.4 Å². The van der Waals surface area contributed by atoms with Gasteiger partial charge in [0.1, 0.15) is 10.7 Å². The van der Waals surface area contributed by atoms with Gasteiger partial charge in [0.15, 0.2) is 0 Å². The molecular formula is C15H22N2OS. The summed E-state index contributed by atoms with van der Waals surface area (Å²) in [5, 5.41) is 0. The van der Waals surface area contributed by atoms with Crippen LogP contribution in [-0.4, -0.2) is 25.2 Å². The van der Waals surface area contributed by atoms with Crippen LogP contribution in [0.3, 0.4) is 0 Å². The predicted molar refractivity (Wildman–Crippen MR) is 84.1 cm³/mol. The van der Waals surface area contributed by atoms with Crippen molar-refractivity contribution in [1.82, 2.24) is 0 Å². The molecule has 4 heteroatoms. The van der Waals surface area contributed by atoms with Gasteiger partial charge in [-0.25, -0.2) is 0 Å². The average Bonchev–Trinajstić information content (AvgIpc) is 2.62. The summed E-state index contributed by atoms with van der Waals surface area (Å²) in [5.41, 5.74) is 7.90. The Morgan fingerprint density at radius 2 is 2.16 bits per heavy atom. The third-order valence-corrected chi connectivity index (χ3v) is 4.05. The molecule has 19 heavy (non-hydrogen) atoms. The van der Waals surface area contributed by atoms with Crippen LogP contribution in [0.4, 0.5) is 5.69 Å². The third kappa shape index (κ3) is 3.38. The van der Waals surface area contributed by atoms with E-state index < -0.39 is 0 Å². The van der Waals surface area contributed by atoms with E-state index in [0.717, 1.165) is 36.0 Å². The van der Waals surface area contributed by atoms with Crippen molar-refractivity contribution in [2.24, 2.45) is 11.7 Å². The Kier molecular flexibility index (Phi) is 4.64. The van der Waals surface area contributed by atoms with E-state index in [1.54, 1.807) is 7.11 Å².